The molecular weight excluding hydrogens is 242 g/mol. The second kappa shape index (κ2) is 6.02. The number of pyridine rings is 1. The number of hydrogen-bond acceptors (Lipinski definition) is 2. The molecule has 0 aliphatic rings. The van der Waals surface area contributed by atoms with Crippen molar-refractivity contribution in [3.8, 4) is 5.75 Å². The molecule has 0 saturated carbocycles. The van der Waals surface area contributed by atoms with Gasteiger partial charge in [0.25, 0.3) is 0 Å². The summed E-state index contributed by atoms with van der Waals surface area (Å²) in [5.74, 6) is 1.43. The Morgan fingerprint density at radius 2 is 2.36 bits per heavy atom. The van der Waals surface area contributed by atoms with Crippen LogP contribution >= 0.6 is 15.9 Å². The number of ether oxygens (including phenoxy) is 1. The second-order valence-corrected chi connectivity index (χ2v) is 4.25. The average molecular weight is 258 g/mol. The first-order valence-corrected chi connectivity index (χ1v) is 5.76. The standard InChI is InChI=1S/C11H16BrNO/c1-3-5-9(2)8-14-10-6-4-7-13-11(10)12/h4,6-7,9H,3,5,8H2,1-2H3. The molecule has 0 spiro atoms. The Morgan fingerprint density at radius 1 is 1.57 bits per heavy atom. The van der Waals surface area contributed by atoms with Crippen molar-refractivity contribution in [3.63, 3.8) is 0 Å². The van der Waals surface area contributed by atoms with Gasteiger partial charge < -0.3 is 4.74 Å². The van der Waals surface area contributed by atoms with Crippen LogP contribution in [-0.2, 0) is 0 Å². The molecule has 0 N–H and O–H groups in total. The second-order valence-electron chi connectivity index (χ2n) is 3.50. The average Bonchev–Trinajstić information content (AvgIpc) is 2.17. The van der Waals surface area contributed by atoms with Crippen LogP contribution in [0.15, 0.2) is 22.9 Å². The first kappa shape index (κ1) is 11.5. The molecule has 1 rings (SSSR count). The highest BCUT2D eigenvalue weighted by molar-refractivity contribution is 9.10. The SMILES string of the molecule is CCCC(C)COc1cccnc1Br. The number of aromatic nitrogens is 1. The van der Waals surface area contributed by atoms with Crippen molar-refractivity contribution in [1.29, 1.82) is 0 Å². The zero-order valence-electron chi connectivity index (χ0n) is 8.66. The van der Waals surface area contributed by atoms with Gasteiger partial charge in [0.2, 0.25) is 0 Å². The molecule has 0 bridgehead atoms. The van der Waals surface area contributed by atoms with E-state index in [9.17, 15) is 0 Å². The normalized spacial score (nSPS) is 12.5. The Kier molecular flexibility index (Phi) is 4.94. The summed E-state index contributed by atoms with van der Waals surface area (Å²) >= 11 is 3.35. The van der Waals surface area contributed by atoms with E-state index >= 15 is 0 Å². The van der Waals surface area contributed by atoms with Crippen molar-refractivity contribution in [2.75, 3.05) is 6.61 Å². The van der Waals surface area contributed by atoms with Gasteiger partial charge in [-0.15, -0.1) is 0 Å². The first-order valence-electron chi connectivity index (χ1n) is 4.97. The fraction of sp³-hybridized carbons (Fsp3) is 0.545. The molecule has 1 aromatic heterocycles. The molecule has 78 valence electrons. The van der Waals surface area contributed by atoms with Gasteiger partial charge >= 0.3 is 0 Å². The molecule has 1 unspecified atom stereocenters. The Balaban J connectivity index is 2.41. The zero-order chi connectivity index (χ0) is 10.4. The van der Waals surface area contributed by atoms with Crippen LogP contribution in [-0.4, -0.2) is 11.6 Å². The molecule has 1 aromatic rings. The van der Waals surface area contributed by atoms with E-state index in [2.05, 4.69) is 34.8 Å². The summed E-state index contributed by atoms with van der Waals surface area (Å²) in [4.78, 5) is 4.09. The highest BCUT2D eigenvalue weighted by Crippen LogP contribution is 2.21. The lowest BCUT2D eigenvalue weighted by atomic mass is 10.1. The largest absolute Gasteiger partial charge is 0.490 e. The Hall–Kier alpha value is -0.570. The Bertz CT molecular complexity index is 278. The summed E-state index contributed by atoms with van der Waals surface area (Å²) < 4.78 is 6.42. The van der Waals surface area contributed by atoms with E-state index in [4.69, 9.17) is 4.74 Å². The van der Waals surface area contributed by atoms with Gasteiger partial charge in [-0.25, -0.2) is 4.98 Å². The van der Waals surface area contributed by atoms with E-state index in [1.54, 1.807) is 6.20 Å². The fourth-order valence-corrected chi connectivity index (χ4v) is 1.65. The van der Waals surface area contributed by atoms with Gasteiger partial charge in [-0.1, -0.05) is 20.3 Å². The van der Waals surface area contributed by atoms with Crippen LogP contribution in [0.2, 0.25) is 0 Å². The highest BCUT2D eigenvalue weighted by Gasteiger charge is 2.04. The van der Waals surface area contributed by atoms with Crippen molar-refractivity contribution < 1.29 is 4.74 Å². The number of nitrogens with zero attached hydrogens (tertiary/aromatic N) is 1. The minimum atomic E-state index is 0.604. The minimum absolute atomic E-state index is 0.604. The number of hydrogen-bond donors (Lipinski definition) is 0. The monoisotopic (exact) mass is 257 g/mol. The molecule has 3 heteroatoms. The molecule has 0 aliphatic heterocycles. The molecule has 0 aromatic carbocycles. The predicted molar refractivity (Wildman–Crippen MR) is 61.5 cm³/mol. The van der Waals surface area contributed by atoms with Gasteiger partial charge in [-0.2, -0.15) is 0 Å². The van der Waals surface area contributed by atoms with Gasteiger partial charge in [-0.05, 0) is 40.4 Å². The van der Waals surface area contributed by atoms with Gasteiger partial charge in [0.15, 0.2) is 5.75 Å². The molecule has 0 saturated heterocycles. The van der Waals surface area contributed by atoms with Gasteiger partial charge in [0.1, 0.15) is 4.60 Å². The number of halogens is 1. The molecule has 0 aliphatic carbocycles. The van der Waals surface area contributed by atoms with Crippen LogP contribution in [0.1, 0.15) is 26.7 Å². The van der Waals surface area contributed by atoms with Gasteiger partial charge in [-0.3, -0.25) is 0 Å². The quantitative estimate of drug-likeness (QED) is 0.752. The summed E-state index contributed by atoms with van der Waals surface area (Å²) in [7, 11) is 0. The minimum Gasteiger partial charge on any atom is -0.490 e. The van der Waals surface area contributed by atoms with Crippen molar-refractivity contribution in [2.45, 2.75) is 26.7 Å². The molecule has 2 nitrogen and oxygen atoms in total. The van der Waals surface area contributed by atoms with Crippen molar-refractivity contribution in [1.82, 2.24) is 4.98 Å². The van der Waals surface area contributed by atoms with Crippen molar-refractivity contribution in [2.24, 2.45) is 5.92 Å². The summed E-state index contributed by atoms with van der Waals surface area (Å²) in [5, 5.41) is 0. The van der Waals surface area contributed by atoms with Crippen LogP contribution < -0.4 is 4.74 Å². The van der Waals surface area contributed by atoms with E-state index in [0.29, 0.717) is 5.92 Å². The summed E-state index contributed by atoms with van der Waals surface area (Å²) in [5.41, 5.74) is 0. The topological polar surface area (TPSA) is 22.1 Å². The summed E-state index contributed by atoms with van der Waals surface area (Å²) in [6, 6.07) is 3.81. The Morgan fingerprint density at radius 3 is 3.00 bits per heavy atom. The van der Waals surface area contributed by atoms with Crippen LogP contribution in [0.4, 0.5) is 0 Å². The maximum Gasteiger partial charge on any atom is 0.152 e. The van der Waals surface area contributed by atoms with Crippen LogP contribution in [0.5, 0.6) is 5.75 Å². The van der Waals surface area contributed by atoms with E-state index in [0.717, 1.165) is 17.0 Å². The molecule has 1 heterocycles. The third-order valence-corrected chi connectivity index (χ3v) is 2.63. The van der Waals surface area contributed by atoms with E-state index < -0.39 is 0 Å². The molecule has 1 atom stereocenters. The van der Waals surface area contributed by atoms with Crippen LogP contribution in [0, 0.1) is 5.92 Å². The maximum atomic E-state index is 5.64. The third kappa shape index (κ3) is 3.66. The summed E-state index contributed by atoms with van der Waals surface area (Å²) in [6.45, 7) is 5.16. The van der Waals surface area contributed by atoms with E-state index in [-0.39, 0.29) is 0 Å². The molecule has 0 fully saturated rings. The van der Waals surface area contributed by atoms with Crippen LogP contribution in [0.25, 0.3) is 0 Å². The van der Waals surface area contributed by atoms with Gasteiger partial charge in [0, 0.05) is 6.20 Å². The van der Waals surface area contributed by atoms with Crippen LogP contribution in [0.3, 0.4) is 0 Å². The molecule has 0 amide bonds. The Labute approximate surface area is 93.8 Å². The molecule has 0 radical (unpaired) electrons. The van der Waals surface area contributed by atoms with E-state index in [1.165, 1.54) is 12.8 Å². The lowest BCUT2D eigenvalue weighted by molar-refractivity contribution is 0.249. The predicted octanol–water partition coefficient (Wildman–Crippen LogP) is 3.66. The smallest absolute Gasteiger partial charge is 0.152 e. The van der Waals surface area contributed by atoms with E-state index in [1.807, 2.05) is 12.1 Å². The summed E-state index contributed by atoms with van der Waals surface area (Å²) in [6.07, 6.45) is 4.16. The maximum absolute atomic E-state index is 5.64. The fourth-order valence-electron chi connectivity index (χ4n) is 1.29. The van der Waals surface area contributed by atoms with Crippen molar-refractivity contribution >= 4 is 15.9 Å². The lowest BCUT2D eigenvalue weighted by Gasteiger charge is -2.12. The first-order chi connectivity index (χ1) is 6.74. The number of rotatable bonds is 5. The zero-order valence-corrected chi connectivity index (χ0v) is 10.3. The lowest BCUT2D eigenvalue weighted by Crippen LogP contribution is -2.08. The van der Waals surface area contributed by atoms with Gasteiger partial charge in [0.05, 0.1) is 6.61 Å². The third-order valence-electron chi connectivity index (χ3n) is 2.03. The molecule has 14 heavy (non-hydrogen) atoms. The molecular formula is C11H16BrNO. The van der Waals surface area contributed by atoms with Crippen molar-refractivity contribution in [3.05, 3.63) is 22.9 Å². The highest BCUT2D eigenvalue weighted by atomic mass is 79.9.